The number of rotatable bonds is 2. The van der Waals surface area contributed by atoms with E-state index in [1.807, 2.05) is 24.3 Å². The first-order chi connectivity index (χ1) is 11.1. The van der Waals surface area contributed by atoms with E-state index in [0.717, 1.165) is 5.39 Å². The molecule has 0 amide bonds. The Balaban J connectivity index is 1.97. The Morgan fingerprint density at radius 3 is 2.52 bits per heavy atom. The van der Waals surface area contributed by atoms with Crippen molar-refractivity contribution in [3.8, 4) is 5.69 Å². The van der Waals surface area contributed by atoms with E-state index in [1.165, 1.54) is 4.68 Å². The van der Waals surface area contributed by atoms with Crippen LogP contribution < -0.4 is 5.56 Å². The number of H-pyrrole nitrogens is 1. The topological polar surface area (TPSA) is 80.6 Å². The van der Waals surface area contributed by atoms with Gasteiger partial charge in [-0.3, -0.25) is 14.7 Å². The number of hydrogen-bond acceptors (Lipinski definition) is 4. The second kappa shape index (κ2) is 5.03. The molecule has 0 spiro atoms. The zero-order valence-electron chi connectivity index (χ0n) is 11.7. The van der Waals surface area contributed by atoms with Crippen LogP contribution in [0.2, 0.25) is 0 Å². The fourth-order valence-electron chi connectivity index (χ4n) is 2.51. The Bertz CT molecular complexity index is 1110. The van der Waals surface area contributed by atoms with Gasteiger partial charge >= 0.3 is 0 Å². The van der Waals surface area contributed by atoms with Crippen molar-refractivity contribution in [1.82, 2.24) is 20.0 Å². The van der Waals surface area contributed by atoms with E-state index < -0.39 is 5.24 Å². The third-order valence-corrected chi connectivity index (χ3v) is 3.87. The van der Waals surface area contributed by atoms with Crippen LogP contribution in [0.4, 0.5) is 0 Å². The molecule has 112 valence electrons. The molecule has 0 unspecified atom stereocenters. The summed E-state index contributed by atoms with van der Waals surface area (Å²) in [5.41, 5.74) is 2.24. The first-order valence-corrected chi connectivity index (χ1v) is 7.19. The van der Waals surface area contributed by atoms with Gasteiger partial charge in [0, 0.05) is 10.9 Å². The van der Waals surface area contributed by atoms with Crippen LogP contribution in [-0.4, -0.2) is 25.2 Å². The first-order valence-electron chi connectivity index (χ1n) is 6.81. The van der Waals surface area contributed by atoms with Gasteiger partial charge in [-0.15, -0.1) is 10.2 Å². The summed E-state index contributed by atoms with van der Waals surface area (Å²) in [6, 6.07) is 13.9. The molecule has 0 saturated heterocycles. The molecule has 2 aromatic carbocycles. The zero-order valence-corrected chi connectivity index (χ0v) is 12.4. The highest BCUT2D eigenvalue weighted by Crippen LogP contribution is 2.19. The SMILES string of the molecule is O=C(Cl)c1ccc(-n2[nH]c3c(nnc4ccccc43)c2=O)cc1. The molecule has 7 heteroatoms. The van der Waals surface area contributed by atoms with Gasteiger partial charge in [0.05, 0.1) is 16.7 Å². The monoisotopic (exact) mass is 324 g/mol. The molecule has 1 N–H and O–H groups in total. The molecular formula is C16H9ClN4O2. The van der Waals surface area contributed by atoms with Crippen LogP contribution >= 0.6 is 11.6 Å². The lowest BCUT2D eigenvalue weighted by atomic mass is 10.2. The third-order valence-electron chi connectivity index (χ3n) is 3.65. The van der Waals surface area contributed by atoms with Crippen molar-refractivity contribution >= 4 is 38.8 Å². The first kappa shape index (κ1) is 13.7. The highest BCUT2D eigenvalue weighted by molar-refractivity contribution is 6.67. The number of nitrogens with zero attached hydrogens (tertiary/aromatic N) is 3. The van der Waals surface area contributed by atoms with E-state index >= 15 is 0 Å². The number of halogens is 1. The Morgan fingerprint density at radius 2 is 1.78 bits per heavy atom. The molecule has 0 radical (unpaired) electrons. The maximum Gasteiger partial charge on any atom is 0.299 e. The van der Waals surface area contributed by atoms with E-state index in [0.29, 0.717) is 22.3 Å². The number of fused-ring (bicyclic) bond motifs is 3. The summed E-state index contributed by atoms with van der Waals surface area (Å²) in [6.07, 6.45) is 0. The van der Waals surface area contributed by atoms with E-state index in [9.17, 15) is 9.59 Å². The lowest BCUT2D eigenvalue weighted by Gasteiger charge is -2.01. The van der Waals surface area contributed by atoms with E-state index in [4.69, 9.17) is 11.6 Å². The summed E-state index contributed by atoms with van der Waals surface area (Å²) < 4.78 is 1.37. The van der Waals surface area contributed by atoms with Gasteiger partial charge < -0.3 is 0 Å². The number of nitrogens with one attached hydrogen (secondary N) is 1. The van der Waals surface area contributed by atoms with Gasteiger partial charge in [0.2, 0.25) is 0 Å². The minimum Gasteiger partial charge on any atom is -0.288 e. The Hall–Kier alpha value is -2.99. The quantitative estimate of drug-likeness (QED) is 0.575. The second-order valence-corrected chi connectivity index (χ2v) is 5.36. The summed E-state index contributed by atoms with van der Waals surface area (Å²) >= 11 is 5.43. The van der Waals surface area contributed by atoms with Crippen molar-refractivity contribution < 1.29 is 4.79 Å². The molecule has 0 aliphatic rings. The van der Waals surface area contributed by atoms with Crippen molar-refractivity contribution in [3.05, 3.63) is 64.4 Å². The maximum atomic E-state index is 12.5. The van der Waals surface area contributed by atoms with Crippen LogP contribution in [0.15, 0.2) is 53.3 Å². The molecule has 2 heterocycles. The Morgan fingerprint density at radius 1 is 1.04 bits per heavy atom. The van der Waals surface area contributed by atoms with Gasteiger partial charge in [0.25, 0.3) is 10.8 Å². The number of aromatic nitrogens is 4. The molecule has 23 heavy (non-hydrogen) atoms. The molecule has 4 rings (SSSR count). The Kier molecular flexibility index (Phi) is 2.99. The molecule has 0 aliphatic heterocycles. The van der Waals surface area contributed by atoms with Crippen molar-refractivity contribution in [2.24, 2.45) is 0 Å². The summed E-state index contributed by atoms with van der Waals surface area (Å²) in [5.74, 6) is 0. The lowest BCUT2D eigenvalue weighted by Crippen LogP contribution is -2.15. The van der Waals surface area contributed by atoms with Gasteiger partial charge in [0.1, 0.15) is 0 Å². The minimum atomic E-state index is -0.544. The molecular weight excluding hydrogens is 316 g/mol. The smallest absolute Gasteiger partial charge is 0.288 e. The molecule has 6 nitrogen and oxygen atoms in total. The van der Waals surface area contributed by atoms with Gasteiger partial charge in [-0.25, -0.2) is 4.68 Å². The molecule has 4 aromatic rings. The number of carbonyl (C=O) groups is 1. The van der Waals surface area contributed by atoms with Crippen LogP contribution in [0.25, 0.3) is 27.6 Å². The molecule has 0 bridgehead atoms. The fourth-order valence-corrected chi connectivity index (χ4v) is 2.63. The third kappa shape index (κ3) is 2.11. The second-order valence-electron chi connectivity index (χ2n) is 5.01. The number of aromatic amines is 1. The van der Waals surface area contributed by atoms with Crippen molar-refractivity contribution in [2.75, 3.05) is 0 Å². The molecule has 0 atom stereocenters. The maximum absolute atomic E-state index is 12.5. The molecule has 0 aliphatic carbocycles. The summed E-state index contributed by atoms with van der Waals surface area (Å²) in [5, 5.41) is 11.4. The van der Waals surface area contributed by atoms with Crippen molar-refractivity contribution in [3.63, 3.8) is 0 Å². The van der Waals surface area contributed by atoms with Gasteiger partial charge in [-0.1, -0.05) is 18.2 Å². The van der Waals surface area contributed by atoms with Gasteiger partial charge in [-0.05, 0) is 41.9 Å². The highest BCUT2D eigenvalue weighted by Gasteiger charge is 2.13. The predicted octanol–water partition coefficient (Wildman–Crippen LogP) is 2.64. The van der Waals surface area contributed by atoms with Crippen LogP contribution in [0.3, 0.4) is 0 Å². The van der Waals surface area contributed by atoms with Crippen LogP contribution in [-0.2, 0) is 0 Å². The number of benzene rings is 2. The number of hydrogen-bond donors (Lipinski definition) is 1. The van der Waals surface area contributed by atoms with E-state index in [2.05, 4.69) is 15.3 Å². The van der Waals surface area contributed by atoms with Gasteiger partial charge in [-0.2, -0.15) is 0 Å². The molecule has 2 aromatic heterocycles. The zero-order chi connectivity index (χ0) is 16.0. The van der Waals surface area contributed by atoms with Gasteiger partial charge in [0.15, 0.2) is 5.52 Å². The van der Waals surface area contributed by atoms with Crippen LogP contribution in [0.1, 0.15) is 10.4 Å². The van der Waals surface area contributed by atoms with Crippen molar-refractivity contribution in [1.29, 1.82) is 0 Å². The normalized spacial score (nSPS) is 11.2. The summed E-state index contributed by atoms with van der Waals surface area (Å²) in [6.45, 7) is 0. The fraction of sp³-hybridized carbons (Fsp3) is 0. The lowest BCUT2D eigenvalue weighted by molar-refractivity contribution is 0.108. The molecule has 0 saturated carbocycles. The minimum absolute atomic E-state index is 0.265. The van der Waals surface area contributed by atoms with Crippen LogP contribution in [0, 0.1) is 0 Å². The molecule has 0 fully saturated rings. The van der Waals surface area contributed by atoms with Crippen molar-refractivity contribution in [2.45, 2.75) is 0 Å². The predicted molar refractivity (Wildman–Crippen MR) is 87.2 cm³/mol. The standard InChI is InChI=1S/C16H9ClN4O2/c17-15(22)9-5-7-10(8-6-9)21-16(23)14-13(20-21)11-3-1-2-4-12(11)18-19-14/h1-8,20H. The Labute approximate surface area is 134 Å². The van der Waals surface area contributed by atoms with E-state index in [-0.39, 0.29) is 11.1 Å². The summed E-state index contributed by atoms with van der Waals surface area (Å²) in [4.78, 5) is 23.6. The highest BCUT2D eigenvalue weighted by atomic mass is 35.5. The van der Waals surface area contributed by atoms with E-state index in [1.54, 1.807) is 24.3 Å². The van der Waals surface area contributed by atoms with Crippen LogP contribution in [0.5, 0.6) is 0 Å². The average molecular weight is 325 g/mol. The number of carbonyl (C=O) groups excluding carboxylic acids is 1. The summed E-state index contributed by atoms with van der Waals surface area (Å²) in [7, 11) is 0. The largest absolute Gasteiger partial charge is 0.299 e. The average Bonchev–Trinajstić information content (AvgIpc) is 2.92.